The van der Waals surface area contributed by atoms with E-state index in [9.17, 15) is 13.6 Å². The molecule has 0 aromatic heterocycles. The zero-order chi connectivity index (χ0) is 13.5. The first-order valence-electron chi connectivity index (χ1n) is 6.31. The monoisotopic (exact) mass is 255 g/mol. The van der Waals surface area contributed by atoms with Crippen LogP contribution in [0.25, 0.3) is 0 Å². The number of rotatable bonds is 6. The van der Waals surface area contributed by atoms with Crippen molar-refractivity contribution >= 4 is 5.91 Å². The van der Waals surface area contributed by atoms with Gasteiger partial charge in [0.05, 0.1) is 0 Å². The van der Waals surface area contributed by atoms with E-state index >= 15 is 0 Å². The highest BCUT2D eigenvalue weighted by Crippen LogP contribution is 2.12. The highest BCUT2D eigenvalue weighted by molar-refractivity contribution is 5.94. The Balaban J connectivity index is 2.60. The lowest BCUT2D eigenvalue weighted by Gasteiger charge is -2.14. The number of nitrogens with one attached hydrogen (secondary N) is 1. The lowest BCUT2D eigenvalue weighted by molar-refractivity contribution is 0.0929. The van der Waals surface area contributed by atoms with Crippen molar-refractivity contribution in [2.45, 2.75) is 45.6 Å². The lowest BCUT2D eigenvalue weighted by Crippen LogP contribution is -2.33. The minimum absolute atomic E-state index is 0.0805. The number of hydrogen-bond donors (Lipinski definition) is 1. The summed E-state index contributed by atoms with van der Waals surface area (Å²) >= 11 is 0. The molecule has 0 saturated heterocycles. The van der Waals surface area contributed by atoms with E-state index in [1.165, 1.54) is 6.07 Å². The molecule has 0 aliphatic rings. The predicted molar refractivity (Wildman–Crippen MR) is 67.4 cm³/mol. The van der Waals surface area contributed by atoms with E-state index in [0.29, 0.717) is 0 Å². The van der Waals surface area contributed by atoms with E-state index in [-0.39, 0.29) is 6.04 Å². The molecule has 18 heavy (non-hydrogen) atoms. The maximum absolute atomic E-state index is 13.4. The summed E-state index contributed by atoms with van der Waals surface area (Å²) in [5, 5.41) is 2.62. The molecule has 0 heterocycles. The largest absolute Gasteiger partial charge is 0.349 e. The molecule has 0 aliphatic heterocycles. The zero-order valence-electron chi connectivity index (χ0n) is 10.8. The Kier molecular flexibility index (Phi) is 5.75. The van der Waals surface area contributed by atoms with Crippen LogP contribution in [0.2, 0.25) is 0 Å². The van der Waals surface area contributed by atoms with Crippen LogP contribution >= 0.6 is 0 Å². The maximum Gasteiger partial charge on any atom is 0.257 e. The van der Waals surface area contributed by atoms with Crippen LogP contribution in [-0.4, -0.2) is 11.9 Å². The highest BCUT2D eigenvalue weighted by atomic mass is 19.1. The van der Waals surface area contributed by atoms with Gasteiger partial charge in [-0.15, -0.1) is 0 Å². The van der Waals surface area contributed by atoms with Gasteiger partial charge in [0.25, 0.3) is 5.91 Å². The van der Waals surface area contributed by atoms with Crippen molar-refractivity contribution in [1.29, 1.82) is 0 Å². The number of halogens is 2. The maximum atomic E-state index is 13.4. The zero-order valence-corrected chi connectivity index (χ0v) is 10.8. The third-order valence-electron chi connectivity index (χ3n) is 2.81. The third kappa shape index (κ3) is 4.09. The molecule has 4 heteroatoms. The molecule has 100 valence electrons. The summed E-state index contributed by atoms with van der Waals surface area (Å²) in [7, 11) is 0. The van der Waals surface area contributed by atoms with Gasteiger partial charge in [0.2, 0.25) is 0 Å². The Labute approximate surface area is 106 Å². The van der Waals surface area contributed by atoms with Crippen LogP contribution in [0.4, 0.5) is 8.78 Å². The van der Waals surface area contributed by atoms with Crippen LogP contribution in [-0.2, 0) is 0 Å². The summed E-state index contributed by atoms with van der Waals surface area (Å²) in [5.41, 5.74) is -0.500. The van der Waals surface area contributed by atoms with Gasteiger partial charge >= 0.3 is 0 Å². The molecule has 1 atom stereocenters. The van der Waals surface area contributed by atoms with E-state index < -0.39 is 23.1 Å². The molecular formula is C14H19F2NO. The van der Waals surface area contributed by atoms with Gasteiger partial charge in [0, 0.05) is 6.04 Å². The second-order valence-electron chi connectivity index (χ2n) is 4.47. The molecule has 2 nitrogen and oxygen atoms in total. The third-order valence-corrected chi connectivity index (χ3v) is 2.81. The molecule has 1 amide bonds. The number of carbonyl (C=O) groups excluding carboxylic acids is 1. The first-order valence-corrected chi connectivity index (χ1v) is 6.31. The van der Waals surface area contributed by atoms with Gasteiger partial charge in [0.15, 0.2) is 0 Å². The van der Waals surface area contributed by atoms with Gasteiger partial charge in [0.1, 0.15) is 17.2 Å². The number of benzene rings is 1. The summed E-state index contributed by atoms with van der Waals surface area (Å²) < 4.78 is 26.7. The van der Waals surface area contributed by atoms with Crippen molar-refractivity contribution in [3.8, 4) is 0 Å². The van der Waals surface area contributed by atoms with Crippen LogP contribution in [0.1, 0.15) is 49.9 Å². The Bertz CT molecular complexity index is 387. The fourth-order valence-electron chi connectivity index (χ4n) is 1.78. The molecule has 1 aromatic rings. The van der Waals surface area contributed by atoms with Gasteiger partial charge in [-0.3, -0.25) is 4.79 Å². The summed E-state index contributed by atoms with van der Waals surface area (Å²) in [6.45, 7) is 3.93. The number of hydrogen-bond acceptors (Lipinski definition) is 1. The van der Waals surface area contributed by atoms with Crippen LogP contribution in [0, 0.1) is 11.6 Å². The number of unbranched alkanes of at least 4 members (excludes halogenated alkanes) is 2. The molecule has 1 N–H and O–H groups in total. The van der Waals surface area contributed by atoms with E-state index in [2.05, 4.69) is 12.2 Å². The molecule has 0 bridgehead atoms. The van der Waals surface area contributed by atoms with Gasteiger partial charge < -0.3 is 5.32 Å². The smallest absolute Gasteiger partial charge is 0.257 e. The standard InChI is InChI=1S/C14H19F2NO/c1-3-4-5-7-10(2)17-14(18)13-11(15)8-6-9-12(13)16/h6,8-10H,3-5,7H2,1-2H3,(H,17,18). The minimum Gasteiger partial charge on any atom is -0.349 e. The van der Waals surface area contributed by atoms with E-state index in [1.807, 2.05) is 6.92 Å². The molecule has 0 saturated carbocycles. The lowest BCUT2D eigenvalue weighted by atomic mass is 10.1. The van der Waals surface area contributed by atoms with Gasteiger partial charge in [-0.1, -0.05) is 32.3 Å². The molecule has 1 aromatic carbocycles. The molecule has 0 aliphatic carbocycles. The predicted octanol–water partition coefficient (Wildman–Crippen LogP) is 3.66. The first kappa shape index (κ1) is 14.6. The molecular weight excluding hydrogens is 236 g/mol. The second kappa shape index (κ2) is 7.09. The number of amides is 1. The second-order valence-corrected chi connectivity index (χ2v) is 4.47. The van der Waals surface area contributed by atoms with Crippen molar-refractivity contribution in [3.05, 3.63) is 35.4 Å². The van der Waals surface area contributed by atoms with E-state index in [4.69, 9.17) is 0 Å². The Morgan fingerprint density at radius 1 is 1.28 bits per heavy atom. The fraction of sp³-hybridized carbons (Fsp3) is 0.500. The molecule has 0 radical (unpaired) electrons. The minimum atomic E-state index is -0.826. The molecule has 1 unspecified atom stereocenters. The van der Waals surface area contributed by atoms with Crippen molar-refractivity contribution < 1.29 is 13.6 Å². The average Bonchev–Trinajstić information content (AvgIpc) is 2.29. The van der Waals surface area contributed by atoms with Gasteiger partial charge in [-0.2, -0.15) is 0 Å². The summed E-state index contributed by atoms with van der Waals surface area (Å²) in [6, 6.07) is 3.33. The first-order chi connectivity index (χ1) is 8.56. The van der Waals surface area contributed by atoms with Crippen molar-refractivity contribution in [3.63, 3.8) is 0 Å². The Morgan fingerprint density at radius 3 is 2.44 bits per heavy atom. The summed E-state index contributed by atoms with van der Waals surface area (Å²) in [5.74, 6) is -2.34. The van der Waals surface area contributed by atoms with Crippen molar-refractivity contribution in [2.75, 3.05) is 0 Å². The van der Waals surface area contributed by atoms with Crippen LogP contribution in [0.15, 0.2) is 18.2 Å². The Hall–Kier alpha value is -1.45. The van der Waals surface area contributed by atoms with E-state index in [1.54, 1.807) is 0 Å². The molecule has 0 fully saturated rings. The highest BCUT2D eigenvalue weighted by Gasteiger charge is 2.18. The van der Waals surface area contributed by atoms with Crippen LogP contribution in [0.3, 0.4) is 0 Å². The summed E-state index contributed by atoms with van der Waals surface area (Å²) in [6.07, 6.45) is 4.00. The van der Waals surface area contributed by atoms with Crippen LogP contribution < -0.4 is 5.32 Å². The summed E-state index contributed by atoms with van der Waals surface area (Å²) in [4.78, 5) is 11.7. The molecule has 0 spiro atoms. The van der Waals surface area contributed by atoms with Crippen molar-refractivity contribution in [2.24, 2.45) is 0 Å². The normalized spacial score (nSPS) is 12.2. The van der Waals surface area contributed by atoms with Crippen molar-refractivity contribution in [1.82, 2.24) is 5.32 Å². The molecule has 1 rings (SSSR count). The topological polar surface area (TPSA) is 29.1 Å². The average molecular weight is 255 g/mol. The van der Waals surface area contributed by atoms with Crippen LogP contribution in [0.5, 0.6) is 0 Å². The van der Waals surface area contributed by atoms with Gasteiger partial charge in [-0.25, -0.2) is 8.78 Å². The fourth-order valence-corrected chi connectivity index (χ4v) is 1.78. The number of carbonyl (C=O) groups is 1. The van der Waals surface area contributed by atoms with E-state index in [0.717, 1.165) is 37.8 Å². The Morgan fingerprint density at radius 2 is 1.89 bits per heavy atom. The van der Waals surface area contributed by atoms with Gasteiger partial charge in [-0.05, 0) is 25.5 Å². The SMILES string of the molecule is CCCCCC(C)NC(=O)c1c(F)cccc1F. The quantitative estimate of drug-likeness (QED) is 0.772.